The van der Waals surface area contributed by atoms with Crippen LogP contribution in [0.25, 0.3) is 0 Å². The van der Waals surface area contributed by atoms with E-state index in [9.17, 15) is 9.59 Å². The van der Waals surface area contributed by atoms with Crippen molar-refractivity contribution in [1.29, 1.82) is 0 Å². The number of ether oxygens (including phenoxy) is 3. The first kappa shape index (κ1) is 19.3. The summed E-state index contributed by atoms with van der Waals surface area (Å²) in [5, 5.41) is 0.608. The third-order valence-electron chi connectivity index (χ3n) is 4.43. The fourth-order valence-corrected chi connectivity index (χ4v) is 4.21. The van der Waals surface area contributed by atoms with Gasteiger partial charge in [-0.1, -0.05) is 17.8 Å². The maximum absolute atomic E-state index is 12.7. The molecule has 27 heavy (non-hydrogen) atoms. The molecule has 2 heterocycles. The SMILES string of the molecule is CCOC(=O)C1=C(C)N=C2SCCC(=O)N2[C@H]1c1ccc(OC)c(OC)c1. The van der Waals surface area contributed by atoms with Gasteiger partial charge >= 0.3 is 5.97 Å². The van der Waals surface area contributed by atoms with Gasteiger partial charge in [0.2, 0.25) is 5.91 Å². The zero-order valence-corrected chi connectivity index (χ0v) is 16.6. The number of amidine groups is 1. The Bertz CT molecular complexity index is 833. The van der Waals surface area contributed by atoms with E-state index >= 15 is 0 Å². The zero-order valence-electron chi connectivity index (χ0n) is 15.8. The number of esters is 1. The first-order valence-electron chi connectivity index (χ1n) is 8.65. The molecular weight excluding hydrogens is 368 g/mol. The molecule has 0 radical (unpaired) electrons. The van der Waals surface area contributed by atoms with Gasteiger partial charge in [0, 0.05) is 12.2 Å². The second-order valence-electron chi connectivity index (χ2n) is 5.99. The van der Waals surface area contributed by atoms with Crippen LogP contribution in [0.1, 0.15) is 31.9 Å². The molecule has 8 heteroatoms. The highest BCUT2D eigenvalue weighted by molar-refractivity contribution is 8.14. The number of thioether (sulfide) groups is 1. The Morgan fingerprint density at radius 3 is 2.70 bits per heavy atom. The smallest absolute Gasteiger partial charge is 0.338 e. The van der Waals surface area contributed by atoms with Gasteiger partial charge in [0.15, 0.2) is 16.7 Å². The van der Waals surface area contributed by atoms with Crippen molar-refractivity contribution in [2.45, 2.75) is 26.3 Å². The van der Waals surface area contributed by atoms with E-state index in [0.717, 1.165) is 5.56 Å². The van der Waals surface area contributed by atoms with Crippen LogP contribution in [0.3, 0.4) is 0 Å². The van der Waals surface area contributed by atoms with E-state index in [4.69, 9.17) is 14.2 Å². The number of methoxy groups -OCH3 is 2. The van der Waals surface area contributed by atoms with Crippen molar-refractivity contribution in [3.8, 4) is 11.5 Å². The summed E-state index contributed by atoms with van der Waals surface area (Å²) >= 11 is 1.51. The van der Waals surface area contributed by atoms with E-state index in [-0.39, 0.29) is 12.5 Å². The van der Waals surface area contributed by atoms with E-state index in [0.29, 0.717) is 40.1 Å². The molecule has 1 fully saturated rings. The van der Waals surface area contributed by atoms with Crippen molar-refractivity contribution >= 4 is 28.8 Å². The van der Waals surface area contributed by atoms with E-state index in [2.05, 4.69) is 4.99 Å². The average molecular weight is 390 g/mol. The molecule has 7 nitrogen and oxygen atoms in total. The lowest BCUT2D eigenvalue weighted by molar-refractivity contribution is -0.139. The van der Waals surface area contributed by atoms with E-state index < -0.39 is 12.0 Å². The van der Waals surface area contributed by atoms with Crippen molar-refractivity contribution in [2.24, 2.45) is 4.99 Å². The number of nitrogens with zero attached hydrogens (tertiary/aromatic N) is 2. The summed E-state index contributed by atoms with van der Waals surface area (Å²) in [4.78, 5) is 31.5. The molecule has 2 aliphatic heterocycles. The summed E-state index contributed by atoms with van der Waals surface area (Å²) in [5.41, 5.74) is 1.66. The van der Waals surface area contributed by atoms with Gasteiger partial charge in [-0.3, -0.25) is 9.69 Å². The van der Waals surface area contributed by atoms with Crippen LogP contribution in [-0.4, -0.2) is 48.5 Å². The summed E-state index contributed by atoms with van der Waals surface area (Å²) in [6.45, 7) is 3.76. The normalized spacial score (nSPS) is 19.4. The Kier molecular flexibility index (Phi) is 5.74. The van der Waals surface area contributed by atoms with Gasteiger partial charge in [0.1, 0.15) is 0 Å². The van der Waals surface area contributed by atoms with E-state index in [1.54, 1.807) is 45.1 Å². The second kappa shape index (κ2) is 8.04. The summed E-state index contributed by atoms with van der Waals surface area (Å²) in [6.07, 6.45) is 0.391. The van der Waals surface area contributed by atoms with Gasteiger partial charge < -0.3 is 14.2 Å². The minimum Gasteiger partial charge on any atom is -0.493 e. The minimum atomic E-state index is -0.614. The average Bonchev–Trinajstić information content (AvgIpc) is 2.66. The first-order valence-corrected chi connectivity index (χ1v) is 9.63. The molecule has 0 bridgehead atoms. The second-order valence-corrected chi connectivity index (χ2v) is 7.06. The number of rotatable bonds is 5. The van der Waals surface area contributed by atoms with Crippen LogP contribution >= 0.6 is 11.8 Å². The van der Waals surface area contributed by atoms with Gasteiger partial charge in [-0.05, 0) is 31.5 Å². The molecule has 3 rings (SSSR count). The number of allylic oxidation sites excluding steroid dienone is 1. The fourth-order valence-electron chi connectivity index (χ4n) is 3.20. The lowest BCUT2D eigenvalue weighted by atomic mass is 9.94. The molecule has 0 saturated carbocycles. The van der Waals surface area contributed by atoms with Gasteiger partial charge in [0.25, 0.3) is 0 Å². The van der Waals surface area contributed by atoms with Crippen molar-refractivity contribution in [1.82, 2.24) is 4.90 Å². The van der Waals surface area contributed by atoms with Crippen LogP contribution in [-0.2, 0) is 14.3 Å². The number of fused-ring (bicyclic) bond motifs is 1. The molecule has 0 spiro atoms. The Balaban J connectivity index is 2.16. The molecular formula is C19H22N2O5S. The molecule has 0 aromatic heterocycles. The van der Waals surface area contributed by atoms with E-state index in [1.807, 2.05) is 6.07 Å². The largest absolute Gasteiger partial charge is 0.493 e. The predicted octanol–water partition coefficient (Wildman–Crippen LogP) is 2.92. The molecule has 1 aromatic carbocycles. The van der Waals surface area contributed by atoms with E-state index in [1.165, 1.54) is 11.8 Å². The number of carbonyl (C=O) groups is 2. The molecule has 1 saturated heterocycles. The molecule has 0 N–H and O–H groups in total. The lowest BCUT2D eigenvalue weighted by Crippen LogP contribution is -2.45. The summed E-state index contributed by atoms with van der Waals surface area (Å²) in [6, 6.07) is 4.76. The number of hydrogen-bond acceptors (Lipinski definition) is 7. The molecule has 0 aliphatic carbocycles. The quantitative estimate of drug-likeness (QED) is 0.720. The minimum absolute atomic E-state index is 0.0680. The van der Waals surface area contributed by atoms with Crippen molar-refractivity contribution in [2.75, 3.05) is 26.6 Å². The standard InChI is InChI=1S/C19H22N2O5S/c1-5-26-18(23)16-11(2)20-19-21(15(22)8-9-27-19)17(16)12-6-7-13(24-3)14(10-12)25-4/h6-7,10,17H,5,8-9H2,1-4H3/t17-/m0/s1. The maximum atomic E-state index is 12.7. The Morgan fingerprint density at radius 2 is 2.04 bits per heavy atom. The predicted molar refractivity (Wildman–Crippen MR) is 103 cm³/mol. The summed E-state index contributed by atoms with van der Waals surface area (Å²) in [7, 11) is 3.10. The van der Waals surface area contributed by atoms with Crippen molar-refractivity contribution < 1.29 is 23.8 Å². The zero-order chi connectivity index (χ0) is 19.6. The number of aliphatic imine (C=N–C) groups is 1. The van der Waals surface area contributed by atoms with Gasteiger partial charge in [-0.2, -0.15) is 0 Å². The lowest BCUT2D eigenvalue weighted by Gasteiger charge is -2.39. The highest BCUT2D eigenvalue weighted by atomic mass is 32.2. The molecule has 1 amide bonds. The molecule has 2 aliphatic rings. The van der Waals surface area contributed by atoms with Crippen LogP contribution < -0.4 is 9.47 Å². The van der Waals surface area contributed by atoms with Crippen LogP contribution in [0.4, 0.5) is 0 Å². The van der Waals surface area contributed by atoms with Crippen LogP contribution in [0, 0.1) is 0 Å². The highest BCUT2D eigenvalue weighted by Gasteiger charge is 2.41. The number of carbonyl (C=O) groups excluding carboxylic acids is 2. The van der Waals surface area contributed by atoms with Gasteiger partial charge in [-0.15, -0.1) is 0 Å². The molecule has 1 atom stereocenters. The third-order valence-corrected chi connectivity index (χ3v) is 5.38. The van der Waals surface area contributed by atoms with Crippen LogP contribution in [0.15, 0.2) is 34.5 Å². The summed E-state index contributed by atoms with van der Waals surface area (Å²) < 4.78 is 16.0. The molecule has 1 aromatic rings. The molecule has 0 unspecified atom stereocenters. The first-order chi connectivity index (χ1) is 13.0. The van der Waals surface area contributed by atoms with Crippen LogP contribution in [0.5, 0.6) is 11.5 Å². The number of hydrogen-bond donors (Lipinski definition) is 0. The monoisotopic (exact) mass is 390 g/mol. The number of amides is 1. The Hall–Kier alpha value is -2.48. The summed E-state index contributed by atoms with van der Waals surface area (Å²) in [5.74, 6) is 1.23. The van der Waals surface area contributed by atoms with Crippen molar-refractivity contribution in [3.05, 3.63) is 35.0 Å². The van der Waals surface area contributed by atoms with Gasteiger partial charge in [-0.25, -0.2) is 9.79 Å². The van der Waals surface area contributed by atoms with Crippen LogP contribution in [0.2, 0.25) is 0 Å². The third kappa shape index (κ3) is 3.53. The van der Waals surface area contributed by atoms with Gasteiger partial charge in [0.05, 0.1) is 38.1 Å². The highest BCUT2D eigenvalue weighted by Crippen LogP contribution is 2.42. The maximum Gasteiger partial charge on any atom is 0.338 e. The Labute approximate surface area is 162 Å². The topological polar surface area (TPSA) is 77.4 Å². The Morgan fingerprint density at radius 1 is 1.30 bits per heavy atom. The number of benzene rings is 1. The molecule has 144 valence electrons. The fraction of sp³-hybridized carbons (Fsp3) is 0.421. The van der Waals surface area contributed by atoms with Crippen molar-refractivity contribution in [3.63, 3.8) is 0 Å².